The van der Waals surface area contributed by atoms with Crippen molar-refractivity contribution < 1.29 is 4.79 Å². The predicted molar refractivity (Wildman–Crippen MR) is 118 cm³/mol. The molecule has 1 aromatic carbocycles. The number of thiophene rings is 1. The lowest BCUT2D eigenvalue weighted by molar-refractivity contribution is -0.118. The molecule has 0 unspecified atom stereocenters. The van der Waals surface area contributed by atoms with Crippen molar-refractivity contribution in [3.8, 4) is 11.3 Å². The zero-order valence-corrected chi connectivity index (χ0v) is 17.8. The molecule has 148 valence electrons. The molecule has 0 fully saturated rings. The van der Waals surface area contributed by atoms with Gasteiger partial charge in [0.25, 0.3) is 0 Å². The van der Waals surface area contributed by atoms with Crippen LogP contribution in [0.5, 0.6) is 0 Å². The Labute approximate surface area is 175 Å². The van der Waals surface area contributed by atoms with Crippen molar-refractivity contribution in [2.24, 2.45) is 5.41 Å². The lowest BCUT2D eigenvalue weighted by Gasteiger charge is -2.37. The molecular weight excluding hydrogens is 378 g/mol. The molecule has 2 aliphatic rings. The van der Waals surface area contributed by atoms with Crippen LogP contribution in [0.2, 0.25) is 0 Å². The lowest BCUT2D eigenvalue weighted by atomic mass is 9.70. The van der Waals surface area contributed by atoms with Crippen LogP contribution in [0, 0.1) is 5.41 Å². The minimum absolute atomic E-state index is 0.0322. The fourth-order valence-electron chi connectivity index (χ4n) is 4.66. The van der Waals surface area contributed by atoms with E-state index in [0.29, 0.717) is 6.42 Å². The Morgan fingerprint density at radius 1 is 1.17 bits per heavy atom. The van der Waals surface area contributed by atoms with Gasteiger partial charge in [-0.1, -0.05) is 51.1 Å². The van der Waals surface area contributed by atoms with Crippen LogP contribution < -0.4 is 5.32 Å². The Morgan fingerprint density at radius 3 is 2.66 bits per heavy atom. The normalized spacial score (nSPS) is 20.2. The largest absolute Gasteiger partial charge is 0.342 e. The average Bonchev–Trinajstić information content (AvgIpc) is 3.35. The van der Waals surface area contributed by atoms with Gasteiger partial charge in [0, 0.05) is 28.1 Å². The highest BCUT2D eigenvalue weighted by Gasteiger charge is 2.43. The Hall–Kier alpha value is -2.66. The SMILES string of the molecule is CCc1ccc(-c2[nH]nc3c2[C@H](c2cccs2)C2=C(CC(C)(C)CC2=O)N3)cc1. The van der Waals surface area contributed by atoms with Crippen LogP contribution >= 0.6 is 11.3 Å². The van der Waals surface area contributed by atoms with Crippen LogP contribution in [0.1, 0.15) is 55.5 Å². The third-order valence-electron chi connectivity index (χ3n) is 6.05. The van der Waals surface area contributed by atoms with Crippen molar-refractivity contribution in [1.29, 1.82) is 0 Å². The average molecular weight is 404 g/mol. The van der Waals surface area contributed by atoms with Crippen LogP contribution in [0.25, 0.3) is 11.3 Å². The number of benzene rings is 1. The Bertz CT molecular complexity index is 1100. The minimum Gasteiger partial charge on any atom is -0.342 e. The molecule has 5 rings (SSSR count). The highest BCUT2D eigenvalue weighted by molar-refractivity contribution is 7.10. The molecule has 2 N–H and O–H groups in total. The molecule has 1 atom stereocenters. The summed E-state index contributed by atoms with van der Waals surface area (Å²) >= 11 is 1.71. The number of aromatic amines is 1. The number of nitrogens with zero attached hydrogens (tertiary/aromatic N) is 1. The van der Waals surface area contributed by atoms with Crippen molar-refractivity contribution in [3.63, 3.8) is 0 Å². The summed E-state index contributed by atoms with van der Waals surface area (Å²) in [6.45, 7) is 6.49. The van der Waals surface area contributed by atoms with E-state index in [1.165, 1.54) is 10.4 Å². The van der Waals surface area contributed by atoms with Crippen LogP contribution in [-0.4, -0.2) is 16.0 Å². The van der Waals surface area contributed by atoms with E-state index in [1.807, 2.05) is 0 Å². The van der Waals surface area contributed by atoms with Crippen molar-refractivity contribution in [2.75, 3.05) is 5.32 Å². The van der Waals surface area contributed by atoms with E-state index in [2.05, 4.69) is 78.1 Å². The molecule has 3 aromatic rings. The van der Waals surface area contributed by atoms with Crippen molar-refractivity contribution in [3.05, 3.63) is 69.1 Å². The Balaban J connectivity index is 1.69. The predicted octanol–water partition coefficient (Wildman–Crippen LogP) is 5.90. The number of carbonyl (C=O) groups is 1. The quantitative estimate of drug-likeness (QED) is 0.572. The summed E-state index contributed by atoms with van der Waals surface area (Å²) in [5.41, 5.74) is 6.43. The molecule has 29 heavy (non-hydrogen) atoms. The van der Waals surface area contributed by atoms with Gasteiger partial charge in [-0.3, -0.25) is 9.89 Å². The summed E-state index contributed by atoms with van der Waals surface area (Å²) in [5.74, 6) is 1.04. The summed E-state index contributed by atoms with van der Waals surface area (Å²) in [4.78, 5) is 14.5. The van der Waals surface area contributed by atoms with Crippen LogP contribution in [0.15, 0.2) is 53.0 Å². The van der Waals surface area contributed by atoms with Gasteiger partial charge in [0.1, 0.15) is 0 Å². The molecule has 3 heterocycles. The van der Waals surface area contributed by atoms with E-state index in [4.69, 9.17) is 0 Å². The second kappa shape index (κ2) is 6.70. The summed E-state index contributed by atoms with van der Waals surface area (Å²) < 4.78 is 0. The molecule has 0 bridgehead atoms. The van der Waals surface area contributed by atoms with E-state index < -0.39 is 0 Å². The number of aryl methyl sites for hydroxylation is 1. The van der Waals surface area contributed by atoms with E-state index in [0.717, 1.165) is 46.8 Å². The number of H-pyrrole nitrogens is 1. The maximum atomic E-state index is 13.3. The van der Waals surface area contributed by atoms with Crippen molar-refractivity contribution >= 4 is 22.9 Å². The standard InChI is InChI=1S/C24H25N3OS/c1-4-14-7-9-15(10-8-14)22-21-20(18-6-5-11-29-18)19-16(25-23(21)27-26-22)12-24(2,3)13-17(19)28/h5-11,20H,4,12-13H2,1-3H3,(H2,25,26,27)/t20-/m1/s1. The number of fused-ring (bicyclic) bond motifs is 1. The van der Waals surface area contributed by atoms with Gasteiger partial charge >= 0.3 is 0 Å². The molecule has 4 nitrogen and oxygen atoms in total. The second-order valence-electron chi connectivity index (χ2n) is 8.82. The number of rotatable bonds is 3. The minimum atomic E-state index is -0.0653. The van der Waals surface area contributed by atoms with Gasteiger partial charge in [-0.15, -0.1) is 11.3 Å². The van der Waals surface area contributed by atoms with Crippen LogP contribution in [-0.2, 0) is 11.2 Å². The zero-order valence-electron chi connectivity index (χ0n) is 17.0. The third kappa shape index (κ3) is 3.04. The number of ketones is 1. The first-order chi connectivity index (χ1) is 14.0. The van der Waals surface area contributed by atoms with E-state index in [-0.39, 0.29) is 17.1 Å². The topological polar surface area (TPSA) is 57.8 Å². The first kappa shape index (κ1) is 18.4. The van der Waals surface area contributed by atoms with Gasteiger partial charge in [0.05, 0.1) is 11.6 Å². The number of carbonyl (C=O) groups excluding carboxylic acids is 1. The molecular formula is C24H25N3OS. The Kier molecular flexibility index (Phi) is 4.24. The summed E-state index contributed by atoms with van der Waals surface area (Å²) in [5, 5.41) is 13.5. The van der Waals surface area contributed by atoms with Gasteiger partial charge in [-0.05, 0) is 40.8 Å². The molecule has 1 aliphatic heterocycles. The van der Waals surface area contributed by atoms with Crippen LogP contribution in [0.3, 0.4) is 0 Å². The summed E-state index contributed by atoms with van der Waals surface area (Å²) in [6, 6.07) is 12.8. The van der Waals surface area contributed by atoms with Gasteiger partial charge in [-0.2, -0.15) is 5.10 Å². The number of nitrogens with one attached hydrogen (secondary N) is 2. The second-order valence-corrected chi connectivity index (χ2v) is 9.80. The van der Waals surface area contributed by atoms with Crippen molar-refractivity contribution in [1.82, 2.24) is 10.2 Å². The van der Waals surface area contributed by atoms with Gasteiger partial charge < -0.3 is 5.32 Å². The monoisotopic (exact) mass is 403 g/mol. The molecule has 1 aliphatic carbocycles. The maximum Gasteiger partial charge on any atom is 0.162 e. The van der Waals surface area contributed by atoms with E-state index in [9.17, 15) is 4.79 Å². The van der Waals surface area contributed by atoms with Gasteiger partial charge in [0.15, 0.2) is 11.6 Å². The van der Waals surface area contributed by atoms with E-state index >= 15 is 0 Å². The first-order valence-corrected chi connectivity index (χ1v) is 11.1. The molecule has 0 saturated carbocycles. The Morgan fingerprint density at radius 2 is 1.97 bits per heavy atom. The highest BCUT2D eigenvalue weighted by Crippen LogP contribution is 2.51. The first-order valence-electron chi connectivity index (χ1n) is 10.2. The number of aromatic nitrogens is 2. The fourth-order valence-corrected chi connectivity index (χ4v) is 5.51. The van der Waals surface area contributed by atoms with E-state index in [1.54, 1.807) is 11.3 Å². The summed E-state index contributed by atoms with van der Waals surface area (Å²) in [6.07, 6.45) is 2.47. The van der Waals surface area contributed by atoms with Gasteiger partial charge in [-0.25, -0.2) is 0 Å². The van der Waals surface area contributed by atoms with Crippen LogP contribution in [0.4, 0.5) is 5.82 Å². The van der Waals surface area contributed by atoms with Crippen molar-refractivity contribution in [2.45, 2.75) is 46.0 Å². The smallest absolute Gasteiger partial charge is 0.162 e. The molecule has 5 heteroatoms. The number of Topliss-reactive ketones (excluding diaryl/α,β-unsaturated/α-hetero) is 1. The number of allylic oxidation sites excluding steroid dienone is 2. The number of hydrogen-bond acceptors (Lipinski definition) is 4. The molecule has 0 radical (unpaired) electrons. The van der Waals surface area contributed by atoms with Gasteiger partial charge in [0.2, 0.25) is 0 Å². The highest BCUT2D eigenvalue weighted by atomic mass is 32.1. The number of anilines is 1. The third-order valence-corrected chi connectivity index (χ3v) is 6.99. The maximum absolute atomic E-state index is 13.3. The molecule has 0 saturated heterocycles. The lowest BCUT2D eigenvalue weighted by Crippen LogP contribution is -2.33. The summed E-state index contributed by atoms with van der Waals surface area (Å²) in [7, 11) is 0. The number of hydrogen-bond donors (Lipinski definition) is 2. The zero-order chi connectivity index (χ0) is 20.2. The molecule has 0 spiro atoms. The molecule has 0 amide bonds. The molecule has 2 aromatic heterocycles. The fraction of sp³-hybridized carbons (Fsp3) is 0.333.